The molecule has 4 aliphatic rings. The molecule has 0 aliphatic heterocycles. The lowest BCUT2D eigenvalue weighted by Crippen LogP contribution is -2.61. The van der Waals surface area contributed by atoms with Gasteiger partial charge in [-0.3, -0.25) is 4.79 Å². The van der Waals surface area contributed by atoms with Crippen molar-refractivity contribution in [3.8, 4) is 0 Å². The van der Waals surface area contributed by atoms with Gasteiger partial charge in [-0.15, -0.1) is 0 Å². The fourth-order valence-corrected chi connectivity index (χ4v) is 7.05. The van der Waals surface area contributed by atoms with E-state index < -0.39 is 6.10 Å². The lowest BCUT2D eigenvalue weighted by molar-refractivity contribution is -0.179. The van der Waals surface area contributed by atoms with Gasteiger partial charge in [0.1, 0.15) is 5.78 Å². The molecule has 4 nitrogen and oxygen atoms in total. The smallest absolute Gasteiger partial charge is 0.137 e. The molecule has 4 heteroatoms. The molecule has 4 saturated carbocycles. The van der Waals surface area contributed by atoms with Crippen LogP contribution in [0.25, 0.3) is 0 Å². The zero-order valence-electron chi connectivity index (χ0n) is 14.2. The monoisotopic (exact) mass is 322 g/mol. The zero-order valence-corrected chi connectivity index (χ0v) is 14.2. The van der Waals surface area contributed by atoms with Gasteiger partial charge in [0.05, 0.1) is 18.3 Å². The van der Waals surface area contributed by atoms with Crippen LogP contribution in [0.3, 0.4) is 0 Å². The summed E-state index contributed by atoms with van der Waals surface area (Å²) in [4.78, 5) is 13.1. The van der Waals surface area contributed by atoms with E-state index in [-0.39, 0.29) is 46.7 Å². The summed E-state index contributed by atoms with van der Waals surface area (Å²) in [5.74, 6) is 0.689. The van der Waals surface area contributed by atoms with Crippen LogP contribution >= 0.6 is 0 Å². The molecule has 0 aromatic heterocycles. The minimum Gasteiger partial charge on any atom is -0.393 e. The van der Waals surface area contributed by atoms with Crippen LogP contribution in [0.5, 0.6) is 0 Å². The molecule has 0 unspecified atom stereocenters. The first kappa shape index (κ1) is 16.0. The maximum absolute atomic E-state index is 13.1. The molecule has 23 heavy (non-hydrogen) atoms. The standard InChI is InChI=1S/C19H30O4/c1-18-8-12(21)7-13(18)16-14(22)6-10-5-11(20)3-4-19(10,2)17(16)15(23)9-18/h10-14,16-17,20-22H,3-9H2,1-2H3/t10-,11+,12+,13+,14+,16-,17+,18+,19+/m1/s1. The van der Waals surface area contributed by atoms with Gasteiger partial charge in [0, 0.05) is 12.3 Å². The van der Waals surface area contributed by atoms with Crippen molar-refractivity contribution in [2.75, 3.05) is 0 Å². The minimum atomic E-state index is -0.470. The highest BCUT2D eigenvalue weighted by Crippen LogP contribution is 2.65. The number of carbonyl (C=O) groups excluding carboxylic acids is 1. The molecular weight excluding hydrogens is 292 g/mol. The third-order valence-electron chi connectivity index (χ3n) is 8.08. The van der Waals surface area contributed by atoms with E-state index in [1.54, 1.807) is 0 Å². The van der Waals surface area contributed by atoms with Gasteiger partial charge in [0.25, 0.3) is 0 Å². The molecule has 0 radical (unpaired) electrons. The van der Waals surface area contributed by atoms with Gasteiger partial charge in [-0.1, -0.05) is 13.8 Å². The van der Waals surface area contributed by atoms with Crippen LogP contribution in [-0.2, 0) is 4.79 Å². The molecular formula is C19H30O4. The van der Waals surface area contributed by atoms with Crippen LogP contribution in [-0.4, -0.2) is 39.4 Å². The Kier molecular flexibility index (Phi) is 3.51. The molecule has 4 fully saturated rings. The van der Waals surface area contributed by atoms with E-state index in [2.05, 4.69) is 13.8 Å². The Hall–Kier alpha value is -0.450. The largest absolute Gasteiger partial charge is 0.393 e. The number of aliphatic hydroxyl groups is 3. The summed E-state index contributed by atoms with van der Waals surface area (Å²) in [5.41, 5.74) is -0.231. The van der Waals surface area contributed by atoms with Crippen molar-refractivity contribution >= 4 is 5.78 Å². The molecule has 0 aromatic rings. The highest BCUT2D eigenvalue weighted by molar-refractivity contribution is 5.84. The summed E-state index contributed by atoms with van der Waals surface area (Å²) in [6.45, 7) is 4.35. The van der Waals surface area contributed by atoms with Crippen LogP contribution in [0.4, 0.5) is 0 Å². The molecule has 130 valence electrons. The van der Waals surface area contributed by atoms with Crippen molar-refractivity contribution in [3.63, 3.8) is 0 Å². The van der Waals surface area contributed by atoms with Gasteiger partial charge < -0.3 is 15.3 Å². The Morgan fingerprint density at radius 3 is 2.52 bits per heavy atom. The van der Waals surface area contributed by atoms with Crippen LogP contribution in [0.2, 0.25) is 0 Å². The third kappa shape index (κ3) is 2.17. The highest BCUT2D eigenvalue weighted by atomic mass is 16.3. The van der Waals surface area contributed by atoms with E-state index >= 15 is 0 Å². The summed E-state index contributed by atoms with van der Waals surface area (Å²) >= 11 is 0. The predicted molar refractivity (Wildman–Crippen MR) is 85.5 cm³/mol. The second kappa shape index (κ2) is 5.03. The van der Waals surface area contributed by atoms with E-state index in [0.717, 1.165) is 19.3 Å². The summed E-state index contributed by atoms with van der Waals surface area (Å²) < 4.78 is 0. The van der Waals surface area contributed by atoms with Gasteiger partial charge in [-0.25, -0.2) is 0 Å². The number of hydrogen-bond donors (Lipinski definition) is 3. The molecule has 0 heterocycles. The first-order valence-electron chi connectivity index (χ1n) is 9.31. The van der Waals surface area contributed by atoms with Gasteiger partial charge >= 0.3 is 0 Å². The average molecular weight is 322 g/mol. The van der Waals surface area contributed by atoms with Crippen LogP contribution in [0.15, 0.2) is 0 Å². The molecule has 0 spiro atoms. The Labute approximate surface area is 138 Å². The van der Waals surface area contributed by atoms with Crippen molar-refractivity contribution in [1.82, 2.24) is 0 Å². The fraction of sp³-hybridized carbons (Fsp3) is 0.947. The predicted octanol–water partition coefficient (Wildman–Crippen LogP) is 1.90. The second-order valence-electron chi connectivity index (χ2n) is 9.49. The number of aliphatic hydroxyl groups excluding tert-OH is 3. The molecule has 3 N–H and O–H groups in total. The van der Waals surface area contributed by atoms with E-state index in [4.69, 9.17) is 0 Å². The number of ketones is 1. The van der Waals surface area contributed by atoms with Crippen molar-refractivity contribution in [2.24, 2.45) is 34.5 Å². The van der Waals surface area contributed by atoms with Gasteiger partial charge in [0.2, 0.25) is 0 Å². The molecule has 9 atom stereocenters. The first-order chi connectivity index (χ1) is 10.7. The van der Waals surface area contributed by atoms with E-state index in [1.807, 2.05) is 0 Å². The van der Waals surface area contributed by atoms with E-state index in [1.165, 1.54) is 0 Å². The Bertz CT molecular complexity index is 519. The van der Waals surface area contributed by atoms with Crippen LogP contribution < -0.4 is 0 Å². The first-order valence-corrected chi connectivity index (χ1v) is 9.31. The third-order valence-corrected chi connectivity index (χ3v) is 8.08. The topological polar surface area (TPSA) is 77.8 Å². The average Bonchev–Trinajstić information content (AvgIpc) is 2.74. The minimum absolute atomic E-state index is 0.00473. The SMILES string of the molecule is C[C@]12CC(=O)[C@H]3[C@@H]([C@@H](O)C[C@H]4C[C@@H](O)CC[C@@]43C)[C@@H]1C[C@H](O)C2. The molecule has 4 rings (SSSR count). The Morgan fingerprint density at radius 1 is 1.04 bits per heavy atom. The van der Waals surface area contributed by atoms with Crippen LogP contribution in [0, 0.1) is 34.5 Å². The highest BCUT2D eigenvalue weighted by Gasteiger charge is 2.64. The zero-order chi connectivity index (χ0) is 16.6. The Morgan fingerprint density at radius 2 is 1.78 bits per heavy atom. The van der Waals surface area contributed by atoms with Crippen molar-refractivity contribution in [2.45, 2.75) is 77.1 Å². The normalized spacial score (nSPS) is 59.2. The molecule has 0 aromatic carbocycles. The maximum atomic E-state index is 13.1. The summed E-state index contributed by atoms with van der Waals surface area (Å²) in [5, 5.41) is 31.1. The van der Waals surface area contributed by atoms with Gasteiger partial charge in [-0.2, -0.15) is 0 Å². The number of Topliss-reactive ketones (excluding diaryl/α,β-unsaturated/α-hetero) is 1. The van der Waals surface area contributed by atoms with Crippen molar-refractivity contribution < 1.29 is 20.1 Å². The van der Waals surface area contributed by atoms with E-state index in [0.29, 0.717) is 31.5 Å². The van der Waals surface area contributed by atoms with Crippen molar-refractivity contribution in [3.05, 3.63) is 0 Å². The van der Waals surface area contributed by atoms with Crippen LogP contribution in [0.1, 0.15) is 58.8 Å². The number of rotatable bonds is 0. The summed E-state index contributed by atoms with van der Waals surface area (Å²) in [7, 11) is 0. The molecule has 0 amide bonds. The van der Waals surface area contributed by atoms with Crippen molar-refractivity contribution in [1.29, 1.82) is 0 Å². The van der Waals surface area contributed by atoms with E-state index in [9.17, 15) is 20.1 Å². The quantitative estimate of drug-likeness (QED) is 0.636. The maximum Gasteiger partial charge on any atom is 0.137 e. The lowest BCUT2D eigenvalue weighted by atomic mass is 9.44. The lowest BCUT2D eigenvalue weighted by Gasteiger charge is -2.60. The number of carbonyl (C=O) groups is 1. The second-order valence-corrected chi connectivity index (χ2v) is 9.49. The molecule has 0 saturated heterocycles. The summed E-state index contributed by atoms with van der Waals surface area (Å²) in [6.07, 6.45) is 3.95. The Balaban J connectivity index is 1.73. The molecule has 4 aliphatic carbocycles. The fourth-order valence-electron chi connectivity index (χ4n) is 7.05. The van der Waals surface area contributed by atoms with Gasteiger partial charge in [-0.05, 0) is 67.1 Å². The van der Waals surface area contributed by atoms with Gasteiger partial charge in [0.15, 0.2) is 0 Å². The summed E-state index contributed by atoms with van der Waals surface area (Å²) in [6, 6.07) is 0. The number of hydrogen-bond acceptors (Lipinski definition) is 4. The molecule has 0 bridgehead atoms. The number of fused-ring (bicyclic) bond motifs is 5.